The number of hydrogen-bond acceptors (Lipinski definition) is 3. The predicted molar refractivity (Wildman–Crippen MR) is 49.1 cm³/mol. The van der Waals surface area contributed by atoms with Crippen molar-refractivity contribution >= 4 is 21.3 Å². The Labute approximate surface area is 84.3 Å². The van der Waals surface area contributed by atoms with Gasteiger partial charge >= 0.3 is 15.6 Å². The first-order valence-corrected chi connectivity index (χ1v) is 6.98. The maximum atomic E-state index is 11.8. The predicted octanol–water partition coefficient (Wildman–Crippen LogP) is 1.82. The van der Waals surface area contributed by atoms with E-state index in [-0.39, 0.29) is 0 Å². The summed E-state index contributed by atoms with van der Waals surface area (Å²) in [7, 11) is -5.42. The maximum Gasteiger partial charge on any atom is 0.527 e. The average molecular weight is 253 g/mol. The normalized spacial score (nSPS) is 15.5. The molecule has 0 aliphatic carbocycles. The standard InChI is InChI=1S/C6H12F3O3S2/c1-3-4-5-13(2)12-14(10,11)6(7,8)9/h3-5H2,1-2H3/q+1. The van der Waals surface area contributed by atoms with Crippen LogP contribution < -0.4 is 0 Å². The Kier molecular flexibility index (Phi) is 5.24. The van der Waals surface area contributed by atoms with Crippen molar-refractivity contribution < 1.29 is 25.2 Å². The van der Waals surface area contributed by atoms with E-state index in [2.05, 4.69) is 3.63 Å². The van der Waals surface area contributed by atoms with Crippen molar-refractivity contribution in [3.05, 3.63) is 0 Å². The molecule has 0 rings (SSSR count). The lowest BCUT2D eigenvalue weighted by atomic mass is 10.4. The first-order valence-electron chi connectivity index (χ1n) is 3.84. The molecule has 0 fully saturated rings. The highest BCUT2D eigenvalue weighted by Gasteiger charge is 2.51. The van der Waals surface area contributed by atoms with Crippen molar-refractivity contribution in [1.82, 2.24) is 0 Å². The van der Waals surface area contributed by atoms with Crippen LogP contribution in [0.3, 0.4) is 0 Å². The van der Waals surface area contributed by atoms with Gasteiger partial charge in [-0.25, -0.2) is 0 Å². The van der Waals surface area contributed by atoms with E-state index in [1.165, 1.54) is 6.26 Å². The molecule has 1 unspecified atom stereocenters. The lowest BCUT2D eigenvalue weighted by Gasteiger charge is -2.05. The molecular weight excluding hydrogens is 241 g/mol. The summed E-state index contributed by atoms with van der Waals surface area (Å²) in [5, 5.41) is 0. The van der Waals surface area contributed by atoms with Crippen molar-refractivity contribution in [3.63, 3.8) is 0 Å². The molecule has 86 valence electrons. The zero-order valence-corrected chi connectivity index (χ0v) is 9.43. The topological polar surface area (TPSA) is 43.4 Å². The van der Waals surface area contributed by atoms with E-state index in [9.17, 15) is 21.6 Å². The summed E-state index contributed by atoms with van der Waals surface area (Å²) in [6, 6.07) is 0. The van der Waals surface area contributed by atoms with Gasteiger partial charge in [0.1, 0.15) is 12.0 Å². The van der Waals surface area contributed by atoms with Gasteiger partial charge in [-0.2, -0.15) is 21.6 Å². The fourth-order valence-corrected chi connectivity index (χ4v) is 3.07. The molecule has 0 N–H and O–H groups in total. The number of halogens is 3. The molecule has 0 aromatic carbocycles. The minimum atomic E-state index is -5.42. The molecule has 3 nitrogen and oxygen atoms in total. The van der Waals surface area contributed by atoms with E-state index in [0.717, 1.165) is 6.42 Å². The van der Waals surface area contributed by atoms with Crippen LogP contribution in [0.2, 0.25) is 0 Å². The summed E-state index contributed by atoms with van der Waals surface area (Å²) in [5.74, 6) is 0.325. The molecule has 1 atom stereocenters. The highest BCUT2D eigenvalue weighted by Crippen LogP contribution is 2.26. The van der Waals surface area contributed by atoms with Crippen LogP contribution in [0.4, 0.5) is 13.2 Å². The SMILES string of the molecule is CCCC[S+](C)OS(=O)(=O)C(F)(F)F. The van der Waals surface area contributed by atoms with Crippen molar-refractivity contribution in [2.45, 2.75) is 25.3 Å². The first-order chi connectivity index (χ1) is 6.20. The van der Waals surface area contributed by atoms with Crippen LogP contribution >= 0.6 is 0 Å². The molecular formula is C6H12F3O3S2+. The van der Waals surface area contributed by atoms with E-state index < -0.39 is 26.8 Å². The molecule has 0 bridgehead atoms. The van der Waals surface area contributed by atoms with Crippen LogP contribution in [0, 0.1) is 0 Å². The van der Waals surface area contributed by atoms with Crippen LogP contribution in [-0.4, -0.2) is 25.9 Å². The summed E-state index contributed by atoms with van der Waals surface area (Å²) < 4.78 is 60.4. The van der Waals surface area contributed by atoms with Crippen molar-refractivity contribution in [2.75, 3.05) is 12.0 Å². The van der Waals surface area contributed by atoms with Crippen molar-refractivity contribution in [1.29, 1.82) is 0 Å². The Morgan fingerprint density at radius 3 is 2.21 bits per heavy atom. The number of hydrogen-bond donors (Lipinski definition) is 0. The molecule has 0 saturated heterocycles. The Bertz CT molecular complexity index is 260. The second kappa shape index (κ2) is 5.22. The van der Waals surface area contributed by atoms with Gasteiger partial charge in [-0.05, 0) is 10.1 Å². The van der Waals surface area contributed by atoms with Crippen LogP contribution in [0.25, 0.3) is 0 Å². The summed E-state index contributed by atoms with van der Waals surface area (Å²) in [6.45, 7) is 1.86. The third-order valence-electron chi connectivity index (χ3n) is 1.27. The van der Waals surface area contributed by atoms with E-state index >= 15 is 0 Å². The molecule has 0 amide bonds. The van der Waals surface area contributed by atoms with Gasteiger partial charge in [0.05, 0.1) is 0 Å². The van der Waals surface area contributed by atoms with Gasteiger partial charge in [0.15, 0.2) is 11.2 Å². The lowest BCUT2D eigenvalue weighted by molar-refractivity contribution is -0.0495. The molecule has 0 radical (unpaired) electrons. The fourth-order valence-electron chi connectivity index (χ4n) is 0.573. The Balaban J connectivity index is 4.24. The zero-order chi connectivity index (χ0) is 11.4. The molecule has 0 aromatic rings. The second-order valence-corrected chi connectivity index (χ2v) is 6.07. The first kappa shape index (κ1) is 14.1. The Morgan fingerprint density at radius 1 is 1.36 bits per heavy atom. The maximum absolute atomic E-state index is 11.8. The van der Waals surface area contributed by atoms with Gasteiger partial charge in [-0.3, -0.25) is 0 Å². The van der Waals surface area contributed by atoms with Gasteiger partial charge < -0.3 is 0 Å². The number of rotatable bonds is 5. The average Bonchev–Trinajstić information content (AvgIpc) is 1.97. The zero-order valence-electron chi connectivity index (χ0n) is 7.80. The number of alkyl halides is 3. The van der Waals surface area contributed by atoms with Crippen LogP contribution in [0.15, 0.2) is 0 Å². The molecule has 0 spiro atoms. The van der Waals surface area contributed by atoms with E-state index in [4.69, 9.17) is 0 Å². The Hall–Kier alpha value is 0.0500. The van der Waals surface area contributed by atoms with Crippen molar-refractivity contribution in [3.8, 4) is 0 Å². The highest BCUT2D eigenvalue weighted by atomic mass is 32.3. The monoisotopic (exact) mass is 253 g/mol. The fraction of sp³-hybridized carbons (Fsp3) is 1.00. The van der Waals surface area contributed by atoms with Gasteiger partial charge in [0, 0.05) is 0 Å². The van der Waals surface area contributed by atoms with Crippen molar-refractivity contribution in [2.24, 2.45) is 0 Å². The van der Waals surface area contributed by atoms with E-state index in [1.54, 1.807) is 0 Å². The lowest BCUT2D eigenvalue weighted by Crippen LogP contribution is -2.28. The molecule has 0 aliphatic heterocycles. The quantitative estimate of drug-likeness (QED) is 0.554. The van der Waals surface area contributed by atoms with E-state index in [1.807, 2.05) is 6.92 Å². The molecule has 0 heterocycles. The largest absolute Gasteiger partial charge is 0.527 e. The highest BCUT2D eigenvalue weighted by molar-refractivity contribution is 8.02. The summed E-state index contributed by atoms with van der Waals surface area (Å²) >= 11 is -1.19. The molecule has 0 saturated carbocycles. The second-order valence-electron chi connectivity index (χ2n) is 2.60. The summed E-state index contributed by atoms with van der Waals surface area (Å²) in [5.41, 5.74) is -5.32. The van der Waals surface area contributed by atoms with Crippen LogP contribution in [-0.2, 0) is 24.9 Å². The van der Waals surface area contributed by atoms with Gasteiger partial charge in [0.2, 0.25) is 0 Å². The number of unbranched alkanes of at least 4 members (excludes halogenated alkanes) is 1. The van der Waals surface area contributed by atoms with Gasteiger partial charge in [-0.1, -0.05) is 13.3 Å². The molecule has 8 heteroatoms. The van der Waals surface area contributed by atoms with Crippen LogP contribution in [0.5, 0.6) is 0 Å². The minimum absolute atomic E-state index is 0.325. The Morgan fingerprint density at radius 2 is 1.86 bits per heavy atom. The smallest absolute Gasteiger partial charge is 0.185 e. The molecule has 14 heavy (non-hydrogen) atoms. The third-order valence-corrected chi connectivity index (χ3v) is 4.35. The van der Waals surface area contributed by atoms with Crippen LogP contribution in [0.1, 0.15) is 19.8 Å². The third kappa shape index (κ3) is 4.52. The van der Waals surface area contributed by atoms with Gasteiger partial charge in [-0.15, -0.1) is 0 Å². The van der Waals surface area contributed by atoms with Gasteiger partial charge in [0.25, 0.3) is 0 Å². The minimum Gasteiger partial charge on any atom is -0.185 e. The summed E-state index contributed by atoms with van der Waals surface area (Å²) in [6.07, 6.45) is 2.76. The molecule has 0 aromatic heterocycles. The molecule has 0 aliphatic rings. The summed E-state index contributed by atoms with van der Waals surface area (Å²) in [4.78, 5) is 0. The van der Waals surface area contributed by atoms with E-state index in [0.29, 0.717) is 12.2 Å².